The summed E-state index contributed by atoms with van der Waals surface area (Å²) in [6.07, 6.45) is 1.05. The van der Waals surface area contributed by atoms with Crippen molar-refractivity contribution >= 4 is 27.7 Å². The molecule has 15 heavy (non-hydrogen) atoms. The van der Waals surface area contributed by atoms with Crippen LogP contribution in [0.15, 0.2) is 22.7 Å². The lowest BCUT2D eigenvalue weighted by Gasteiger charge is -2.11. The van der Waals surface area contributed by atoms with Gasteiger partial charge in [0, 0.05) is 10.2 Å². The van der Waals surface area contributed by atoms with Crippen molar-refractivity contribution in [2.24, 2.45) is 0 Å². The fourth-order valence-electron chi connectivity index (χ4n) is 1.42. The molecule has 1 unspecified atom stereocenters. The first-order valence-corrected chi connectivity index (χ1v) is 6.70. The van der Waals surface area contributed by atoms with Crippen molar-refractivity contribution in [1.82, 2.24) is 0 Å². The second-order valence-electron chi connectivity index (χ2n) is 3.64. The molecular formula is C12H14BrNS. The van der Waals surface area contributed by atoms with E-state index in [9.17, 15) is 0 Å². The number of aryl methyl sites for hydroxylation is 1. The van der Waals surface area contributed by atoms with Crippen LogP contribution in [0.25, 0.3) is 0 Å². The molecule has 1 nitrogen and oxygen atoms in total. The number of rotatable bonds is 4. The SMILES string of the molecule is Cc1cc(C(C)CCSC#N)ccc1Br. The van der Waals surface area contributed by atoms with Crippen LogP contribution in [-0.2, 0) is 0 Å². The number of benzene rings is 1. The summed E-state index contributed by atoms with van der Waals surface area (Å²) in [7, 11) is 0. The second-order valence-corrected chi connectivity index (χ2v) is 5.37. The first kappa shape index (κ1) is 12.6. The molecule has 3 heteroatoms. The van der Waals surface area contributed by atoms with E-state index in [4.69, 9.17) is 5.26 Å². The first-order chi connectivity index (χ1) is 7.15. The van der Waals surface area contributed by atoms with Gasteiger partial charge in [-0.15, -0.1) is 0 Å². The number of hydrogen-bond acceptors (Lipinski definition) is 2. The standard InChI is InChI=1S/C12H14BrNS/c1-9(5-6-15-8-14)11-3-4-12(13)10(2)7-11/h3-4,7,9H,5-6H2,1-2H3. The largest absolute Gasteiger partial charge is 0.185 e. The van der Waals surface area contributed by atoms with Crippen LogP contribution in [-0.4, -0.2) is 5.75 Å². The van der Waals surface area contributed by atoms with Gasteiger partial charge in [-0.1, -0.05) is 35.0 Å². The summed E-state index contributed by atoms with van der Waals surface area (Å²) < 4.78 is 1.16. The van der Waals surface area contributed by atoms with Crippen LogP contribution in [0.2, 0.25) is 0 Å². The van der Waals surface area contributed by atoms with Crippen molar-refractivity contribution in [3.05, 3.63) is 33.8 Å². The molecule has 0 N–H and O–H groups in total. The molecule has 0 saturated carbocycles. The van der Waals surface area contributed by atoms with Crippen LogP contribution in [0, 0.1) is 17.6 Å². The van der Waals surface area contributed by atoms with E-state index in [0.717, 1.165) is 16.6 Å². The van der Waals surface area contributed by atoms with Gasteiger partial charge in [-0.3, -0.25) is 0 Å². The lowest BCUT2D eigenvalue weighted by molar-refractivity contribution is 0.740. The Balaban J connectivity index is 2.62. The third kappa shape index (κ3) is 3.89. The highest BCUT2D eigenvalue weighted by Gasteiger charge is 2.06. The van der Waals surface area contributed by atoms with Gasteiger partial charge in [0.15, 0.2) is 0 Å². The Labute approximate surface area is 104 Å². The molecule has 0 amide bonds. The molecule has 1 atom stereocenters. The Bertz CT molecular complexity index is 370. The molecule has 0 heterocycles. The maximum atomic E-state index is 8.44. The molecule has 1 rings (SSSR count). The smallest absolute Gasteiger partial charge is 0.133 e. The van der Waals surface area contributed by atoms with Crippen molar-refractivity contribution < 1.29 is 0 Å². The number of hydrogen-bond donors (Lipinski definition) is 0. The zero-order chi connectivity index (χ0) is 11.3. The Morgan fingerprint density at radius 2 is 2.27 bits per heavy atom. The molecule has 0 aliphatic rings. The minimum atomic E-state index is 0.526. The van der Waals surface area contributed by atoms with Crippen LogP contribution in [0.5, 0.6) is 0 Å². The molecule has 80 valence electrons. The van der Waals surface area contributed by atoms with E-state index in [1.54, 1.807) is 0 Å². The average Bonchev–Trinajstić information content (AvgIpc) is 2.22. The summed E-state index contributed by atoms with van der Waals surface area (Å²) in [5.41, 5.74) is 2.63. The maximum absolute atomic E-state index is 8.44. The Morgan fingerprint density at radius 1 is 1.53 bits per heavy atom. The van der Waals surface area contributed by atoms with Crippen LogP contribution < -0.4 is 0 Å². The van der Waals surface area contributed by atoms with E-state index >= 15 is 0 Å². The van der Waals surface area contributed by atoms with E-state index < -0.39 is 0 Å². The molecule has 1 aromatic carbocycles. The highest BCUT2D eigenvalue weighted by Crippen LogP contribution is 2.25. The number of thioether (sulfide) groups is 1. The molecule has 1 aromatic rings. The van der Waals surface area contributed by atoms with Gasteiger partial charge in [-0.05, 0) is 48.2 Å². The number of nitriles is 1. The Morgan fingerprint density at radius 3 is 2.87 bits per heavy atom. The van der Waals surface area contributed by atoms with Crippen molar-refractivity contribution in [2.45, 2.75) is 26.2 Å². The zero-order valence-electron chi connectivity index (χ0n) is 8.96. The van der Waals surface area contributed by atoms with Gasteiger partial charge >= 0.3 is 0 Å². The lowest BCUT2D eigenvalue weighted by Crippen LogP contribution is -1.95. The summed E-state index contributed by atoms with van der Waals surface area (Å²) in [6, 6.07) is 6.46. The highest BCUT2D eigenvalue weighted by molar-refractivity contribution is 9.10. The fraction of sp³-hybridized carbons (Fsp3) is 0.417. The lowest BCUT2D eigenvalue weighted by atomic mass is 9.97. The van der Waals surface area contributed by atoms with Crippen molar-refractivity contribution in [3.8, 4) is 5.40 Å². The van der Waals surface area contributed by atoms with Gasteiger partial charge < -0.3 is 0 Å². The van der Waals surface area contributed by atoms with E-state index in [1.807, 2.05) is 0 Å². The van der Waals surface area contributed by atoms with Gasteiger partial charge in [0.25, 0.3) is 0 Å². The minimum Gasteiger partial charge on any atom is -0.185 e. The monoisotopic (exact) mass is 283 g/mol. The quantitative estimate of drug-likeness (QED) is 0.602. The molecule has 0 saturated heterocycles. The molecule has 0 fully saturated rings. The summed E-state index contributed by atoms with van der Waals surface area (Å²) >= 11 is 4.83. The average molecular weight is 284 g/mol. The van der Waals surface area contributed by atoms with Crippen molar-refractivity contribution in [1.29, 1.82) is 5.26 Å². The Kier molecular flexibility index (Phi) is 5.21. The zero-order valence-corrected chi connectivity index (χ0v) is 11.4. The third-order valence-electron chi connectivity index (χ3n) is 2.47. The first-order valence-electron chi connectivity index (χ1n) is 4.92. The van der Waals surface area contributed by atoms with Gasteiger partial charge in [0.2, 0.25) is 0 Å². The van der Waals surface area contributed by atoms with Crippen LogP contribution in [0.1, 0.15) is 30.4 Å². The minimum absolute atomic E-state index is 0.526. The summed E-state index contributed by atoms with van der Waals surface area (Å²) in [5, 5.41) is 10.5. The third-order valence-corrected chi connectivity index (χ3v) is 3.93. The van der Waals surface area contributed by atoms with Crippen molar-refractivity contribution in [3.63, 3.8) is 0 Å². The number of nitrogens with zero attached hydrogens (tertiary/aromatic N) is 1. The van der Waals surface area contributed by atoms with Crippen LogP contribution >= 0.6 is 27.7 Å². The van der Waals surface area contributed by atoms with Gasteiger partial charge in [-0.2, -0.15) is 5.26 Å². The molecule has 0 radical (unpaired) electrons. The van der Waals surface area contributed by atoms with E-state index in [-0.39, 0.29) is 0 Å². The molecular weight excluding hydrogens is 270 g/mol. The second kappa shape index (κ2) is 6.19. The van der Waals surface area contributed by atoms with Gasteiger partial charge in [0.1, 0.15) is 5.40 Å². The van der Waals surface area contributed by atoms with Crippen LogP contribution in [0.4, 0.5) is 0 Å². The predicted octanol–water partition coefficient (Wildman–Crippen LogP) is 4.47. The van der Waals surface area contributed by atoms with E-state index in [1.165, 1.54) is 22.9 Å². The summed E-state index contributed by atoms with van der Waals surface area (Å²) in [6.45, 7) is 4.31. The molecule has 0 aliphatic heterocycles. The van der Waals surface area contributed by atoms with E-state index in [0.29, 0.717) is 5.92 Å². The highest BCUT2D eigenvalue weighted by atomic mass is 79.9. The summed E-state index contributed by atoms with van der Waals surface area (Å²) in [4.78, 5) is 0. The fourth-order valence-corrected chi connectivity index (χ4v) is 2.23. The molecule has 0 aliphatic carbocycles. The molecule has 0 aromatic heterocycles. The van der Waals surface area contributed by atoms with Crippen LogP contribution in [0.3, 0.4) is 0 Å². The molecule has 0 spiro atoms. The van der Waals surface area contributed by atoms with E-state index in [2.05, 4.69) is 53.4 Å². The molecule has 0 bridgehead atoms. The van der Waals surface area contributed by atoms with Gasteiger partial charge in [-0.25, -0.2) is 0 Å². The Hall–Kier alpha value is -0.460. The van der Waals surface area contributed by atoms with Gasteiger partial charge in [0.05, 0.1) is 0 Å². The topological polar surface area (TPSA) is 23.8 Å². The maximum Gasteiger partial charge on any atom is 0.133 e. The normalized spacial score (nSPS) is 12.1. The van der Waals surface area contributed by atoms with Crippen molar-refractivity contribution in [2.75, 3.05) is 5.75 Å². The number of thiocyanates is 1. The number of halogens is 1. The summed E-state index contributed by atoms with van der Waals surface area (Å²) in [5.74, 6) is 1.44. The predicted molar refractivity (Wildman–Crippen MR) is 70.0 cm³/mol.